The van der Waals surface area contributed by atoms with Gasteiger partial charge in [-0.25, -0.2) is 4.98 Å². The van der Waals surface area contributed by atoms with E-state index < -0.39 is 4.92 Å². The van der Waals surface area contributed by atoms with E-state index in [1.807, 2.05) is 22.6 Å². The van der Waals surface area contributed by atoms with Gasteiger partial charge in [0.25, 0.3) is 5.69 Å². The van der Waals surface area contributed by atoms with Crippen LogP contribution < -0.4 is 10.5 Å². The van der Waals surface area contributed by atoms with Gasteiger partial charge in [-0.3, -0.25) is 10.1 Å². The van der Waals surface area contributed by atoms with Gasteiger partial charge in [-0.2, -0.15) is 4.98 Å². The standard InChI is InChI=1S/C10H6ClIN4O3/c11-8-4-9(15-10(13)14-8)19-7-3-5(16(17)18)1-2-6(7)12/h1-4H,(H2,13,14,15). The number of nitrogens with zero attached hydrogens (tertiary/aromatic N) is 3. The Kier molecular flexibility index (Phi) is 4.00. The molecule has 0 saturated carbocycles. The molecule has 0 radical (unpaired) electrons. The lowest BCUT2D eigenvalue weighted by Crippen LogP contribution is -1.98. The predicted octanol–water partition coefficient (Wildman–Crippen LogP) is 3.02. The molecule has 1 aromatic heterocycles. The second-order valence-electron chi connectivity index (χ2n) is 3.36. The van der Waals surface area contributed by atoms with Crippen LogP contribution in [0.3, 0.4) is 0 Å². The number of ether oxygens (including phenoxy) is 1. The third kappa shape index (κ3) is 3.41. The number of hydrogen-bond acceptors (Lipinski definition) is 6. The minimum absolute atomic E-state index is 0.0389. The molecule has 0 aliphatic carbocycles. The van der Waals surface area contributed by atoms with Crippen LogP contribution in [0.1, 0.15) is 0 Å². The number of aromatic nitrogens is 2. The fraction of sp³-hybridized carbons (Fsp3) is 0. The van der Waals surface area contributed by atoms with Gasteiger partial charge in [0, 0.05) is 12.1 Å². The summed E-state index contributed by atoms with van der Waals surface area (Å²) in [6, 6.07) is 5.62. The summed E-state index contributed by atoms with van der Waals surface area (Å²) in [7, 11) is 0. The van der Waals surface area contributed by atoms with Crippen molar-refractivity contribution < 1.29 is 9.66 Å². The lowest BCUT2D eigenvalue weighted by Gasteiger charge is -2.07. The van der Waals surface area contributed by atoms with Gasteiger partial charge >= 0.3 is 0 Å². The maximum absolute atomic E-state index is 10.7. The molecular formula is C10H6ClIN4O3. The number of non-ortho nitro benzene ring substituents is 1. The van der Waals surface area contributed by atoms with E-state index in [-0.39, 0.29) is 22.7 Å². The zero-order valence-electron chi connectivity index (χ0n) is 9.21. The minimum atomic E-state index is -0.510. The second-order valence-corrected chi connectivity index (χ2v) is 4.91. The Morgan fingerprint density at radius 1 is 1.37 bits per heavy atom. The van der Waals surface area contributed by atoms with Crippen LogP contribution in [0, 0.1) is 13.7 Å². The van der Waals surface area contributed by atoms with Crippen molar-refractivity contribution in [3.63, 3.8) is 0 Å². The van der Waals surface area contributed by atoms with Crippen LogP contribution in [0.5, 0.6) is 11.6 Å². The first-order valence-corrected chi connectivity index (χ1v) is 6.33. The highest BCUT2D eigenvalue weighted by Gasteiger charge is 2.12. The smallest absolute Gasteiger partial charge is 0.273 e. The summed E-state index contributed by atoms with van der Waals surface area (Å²) in [5.74, 6) is 0.378. The minimum Gasteiger partial charge on any atom is -0.437 e. The van der Waals surface area contributed by atoms with Gasteiger partial charge < -0.3 is 10.5 Å². The van der Waals surface area contributed by atoms with Gasteiger partial charge in [0.2, 0.25) is 11.8 Å². The van der Waals surface area contributed by atoms with Gasteiger partial charge in [0.05, 0.1) is 14.6 Å². The van der Waals surface area contributed by atoms with Crippen molar-refractivity contribution in [2.45, 2.75) is 0 Å². The average molecular weight is 393 g/mol. The van der Waals surface area contributed by atoms with Crippen molar-refractivity contribution in [2.75, 3.05) is 5.73 Å². The number of nitrogens with two attached hydrogens (primary N) is 1. The number of rotatable bonds is 3. The summed E-state index contributed by atoms with van der Waals surface area (Å²) >= 11 is 7.71. The van der Waals surface area contributed by atoms with Crippen molar-refractivity contribution in [2.24, 2.45) is 0 Å². The predicted molar refractivity (Wildman–Crippen MR) is 77.3 cm³/mol. The first-order valence-electron chi connectivity index (χ1n) is 4.87. The zero-order valence-corrected chi connectivity index (χ0v) is 12.1. The van der Waals surface area contributed by atoms with Crippen molar-refractivity contribution in [1.82, 2.24) is 9.97 Å². The Labute approximate surface area is 126 Å². The maximum Gasteiger partial charge on any atom is 0.273 e. The molecule has 0 aliphatic heterocycles. The topological polar surface area (TPSA) is 104 Å². The Bertz CT molecular complexity index is 632. The Hall–Kier alpha value is -1.68. The highest BCUT2D eigenvalue weighted by atomic mass is 127. The third-order valence-corrected chi connectivity index (χ3v) is 3.11. The number of hydrogen-bond donors (Lipinski definition) is 1. The molecule has 0 fully saturated rings. The van der Waals surface area contributed by atoms with Gasteiger partial charge in [-0.1, -0.05) is 11.6 Å². The molecule has 98 valence electrons. The maximum atomic E-state index is 10.7. The molecule has 0 aliphatic rings. The van der Waals surface area contributed by atoms with Crippen LogP contribution in [0.4, 0.5) is 11.6 Å². The second kappa shape index (κ2) is 5.53. The van der Waals surface area contributed by atoms with Gasteiger partial charge in [-0.05, 0) is 28.7 Å². The number of nitro groups is 1. The molecule has 1 aromatic carbocycles. The summed E-state index contributed by atoms with van der Waals surface area (Å²) in [4.78, 5) is 17.7. The van der Waals surface area contributed by atoms with Gasteiger partial charge in [0.1, 0.15) is 10.9 Å². The number of anilines is 1. The van der Waals surface area contributed by atoms with E-state index in [0.717, 1.165) is 0 Å². The SMILES string of the molecule is Nc1nc(Cl)cc(Oc2cc([N+](=O)[O-])ccc2I)n1. The molecule has 0 unspecified atom stereocenters. The van der Waals surface area contributed by atoms with Crippen molar-refractivity contribution >= 4 is 45.8 Å². The van der Waals surface area contributed by atoms with Crippen molar-refractivity contribution in [3.05, 3.63) is 43.1 Å². The normalized spacial score (nSPS) is 10.2. The Morgan fingerprint density at radius 3 is 2.74 bits per heavy atom. The molecule has 0 atom stereocenters. The summed E-state index contributed by atoms with van der Waals surface area (Å²) in [6.45, 7) is 0. The lowest BCUT2D eigenvalue weighted by atomic mass is 10.3. The first-order chi connectivity index (χ1) is 8.95. The molecular weight excluding hydrogens is 386 g/mol. The van der Waals surface area contributed by atoms with Crippen LogP contribution in [0.15, 0.2) is 24.3 Å². The molecule has 7 nitrogen and oxygen atoms in total. The Morgan fingerprint density at radius 2 is 2.11 bits per heavy atom. The summed E-state index contributed by atoms with van der Waals surface area (Å²) in [6.07, 6.45) is 0. The molecule has 2 aromatic rings. The van der Waals surface area contributed by atoms with Crippen molar-refractivity contribution in [1.29, 1.82) is 0 Å². The van der Waals surface area contributed by atoms with E-state index in [2.05, 4.69) is 9.97 Å². The van der Waals surface area contributed by atoms with E-state index in [9.17, 15) is 10.1 Å². The molecule has 0 spiro atoms. The Balaban J connectivity index is 2.37. The van der Waals surface area contributed by atoms with E-state index in [1.54, 1.807) is 6.07 Å². The largest absolute Gasteiger partial charge is 0.437 e. The van der Waals surface area contributed by atoms with Crippen LogP contribution in [-0.4, -0.2) is 14.9 Å². The lowest BCUT2D eigenvalue weighted by molar-refractivity contribution is -0.384. The molecule has 2 rings (SSSR count). The van der Waals surface area contributed by atoms with E-state index >= 15 is 0 Å². The molecule has 9 heteroatoms. The summed E-state index contributed by atoms with van der Waals surface area (Å²) in [5, 5.41) is 10.8. The number of halogens is 2. The first kappa shape index (κ1) is 13.7. The third-order valence-electron chi connectivity index (χ3n) is 2.03. The number of benzene rings is 1. The highest BCUT2D eigenvalue weighted by molar-refractivity contribution is 14.1. The molecule has 0 saturated heterocycles. The molecule has 1 heterocycles. The highest BCUT2D eigenvalue weighted by Crippen LogP contribution is 2.30. The van der Waals surface area contributed by atoms with Gasteiger partial charge in [-0.15, -0.1) is 0 Å². The van der Waals surface area contributed by atoms with Crippen LogP contribution in [0.2, 0.25) is 5.15 Å². The van der Waals surface area contributed by atoms with Gasteiger partial charge in [0.15, 0.2) is 0 Å². The molecule has 0 bridgehead atoms. The average Bonchev–Trinajstić information content (AvgIpc) is 2.30. The molecule has 19 heavy (non-hydrogen) atoms. The van der Waals surface area contributed by atoms with E-state index in [1.165, 1.54) is 18.2 Å². The van der Waals surface area contributed by atoms with Crippen LogP contribution in [0.25, 0.3) is 0 Å². The quantitative estimate of drug-likeness (QED) is 0.373. The number of nitro benzene ring substituents is 1. The molecule has 2 N–H and O–H groups in total. The summed E-state index contributed by atoms with van der Waals surface area (Å²) < 4.78 is 6.13. The van der Waals surface area contributed by atoms with Crippen LogP contribution >= 0.6 is 34.2 Å². The fourth-order valence-corrected chi connectivity index (χ4v) is 1.89. The molecule has 0 amide bonds. The fourth-order valence-electron chi connectivity index (χ4n) is 1.26. The van der Waals surface area contributed by atoms with E-state index in [0.29, 0.717) is 9.32 Å². The summed E-state index contributed by atoms with van der Waals surface area (Å²) in [5.41, 5.74) is 5.35. The van der Waals surface area contributed by atoms with Crippen molar-refractivity contribution in [3.8, 4) is 11.6 Å². The zero-order chi connectivity index (χ0) is 14.0. The van der Waals surface area contributed by atoms with Crippen LogP contribution in [-0.2, 0) is 0 Å². The van der Waals surface area contributed by atoms with E-state index in [4.69, 9.17) is 22.1 Å². The number of nitrogen functional groups attached to an aromatic ring is 1. The monoisotopic (exact) mass is 392 g/mol.